The van der Waals surface area contributed by atoms with Crippen LogP contribution in [0.5, 0.6) is 0 Å². The first-order chi connectivity index (χ1) is 7.67. The molecule has 0 unspecified atom stereocenters. The van der Waals surface area contributed by atoms with Crippen LogP contribution in [0.1, 0.15) is 0 Å². The van der Waals surface area contributed by atoms with Crippen molar-refractivity contribution in [2.45, 2.75) is 19.6 Å². The largest absolute Gasteiger partial charge is 0.544 e. The average molecular weight is 257 g/mol. The zero-order valence-corrected chi connectivity index (χ0v) is 11.0. The van der Waals surface area contributed by atoms with Gasteiger partial charge in [-0.1, -0.05) is 30.3 Å². The van der Waals surface area contributed by atoms with Gasteiger partial charge in [0.05, 0.1) is 0 Å². The predicted octanol–water partition coefficient (Wildman–Crippen LogP) is 0.396. The van der Waals surface area contributed by atoms with Gasteiger partial charge in [-0.25, -0.2) is 0 Å². The Morgan fingerprint density at radius 3 is 2.06 bits per heavy atom. The fraction of sp³-hybridized carbons (Fsp3) is 0.333. The number of rotatable bonds is 4. The molecule has 2 N–H and O–H groups in total. The van der Waals surface area contributed by atoms with Crippen LogP contribution in [0.25, 0.3) is 0 Å². The van der Waals surface area contributed by atoms with E-state index in [-0.39, 0.29) is 5.46 Å². The number of hydrogen-bond donors (Lipinski definition) is 2. The molecule has 1 rings (SSSR count). The standard InChI is InChI=1S/C9H16BNO5Si/c1-17(2,3)16(11(14)15)10(12,13)9-7-5-4-6-8-9/h4-8,12-13H,1-3H3. The van der Waals surface area contributed by atoms with Crippen molar-refractivity contribution in [1.29, 1.82) is 0 Å². The van der Waals surface area contributed by atoms with Crippen LogP contribution in [0.2, 0.25) is 19.6 Å². The highest BCUT2D eigenvalue weighted by molar-refractivity contribution is 6.85. The number of nitrogens with zero attached hydrogens (tertiary/aromatic N) is 1. The van der Waals surface area contributed by atoms with Gasteiger partial charge in [0.15, 0.2) is 0 Å². The second-order valence-corrected chi connectivity index (χ2v) is 9.41. The van der Waals surface area contributed by atoms with Crippen molar-refractivity contribution in [1.82, 2.24) is 0 Å². The molecule has 8 heteroatoms. The van der Waals surface area contributed by atoms with E-state index in [2.05, 4.69) is 0 Å². The van der Waals surface area contributed by atoms with Crippen molar-refractivity contribution >= 4 is 20.5 Å². The molecule has 1 aromatic rings. The molecule has 6 nitrogen and oxygen atoms in total. The number of benzene rings is 1. The Bertz CT molecular complexity index is 406. The van der Waals surface area contributed by atoms with Gasteiger partial charge in [0.2, 0.25) is 8.32 Å². The Labute approximate surface area is 100 Å². The molecule has 0 aromatic heterocycles. The molecule has 0 amide bonds. The zero-order chi connectivity index (χ0) is 13.3. The van der Waals surface area contributed by atoms with Gasteiger partial charge < -0.3 is 14.1 Å². The van der Waals surface area contributed by atoms with Crippen LogP contribution >= 0.6 is 0 Å². The van der Waals surface area contributed by atoms with Gasteiger partial charge in [-0.3, -0.25) is 0 Å². The lowest BCUT2D eigenvalue weighted by Crippen LogP contribution is -2.66. The summed E-state index contributed by atoms with van der Waals surface area (Å²) in [4.78, 5) is 11.0. The van der Waals surface area contributed by atoms with E-state index in [1.165, 1.54) is 12.1 Å². The monoisotopic (exact) mass is 257 g/mol. The molecular weight excluding hydrogens is 241 g/mol. The Hall–Kier alpha value is -1.38. The first-order valence-electron chi connectivity index (χ1n) is 5.20. The topological polar surface area (TPSA) is 86.3 Å². The predicted molar refractivity (Wildman–Crippen MR) is 67.7 cm³/mol. The molecule has 0 heterocycles. The van der Waals surface area contributed by atoms with Gasteiger partial charge in [0.25, 0.3) is 0 Å². The van der Waals surface area contributed by atoms with E-state index in [9.17, 15) is 20.2 Å². The molecule has 17 heavy (non-hydrogen) atoms. The van der Waals surface area contributed by atoms with Crippen molar-refractivity contribution in [3.05, 3.63) is 40.4 Å². The highest BCUT2D eigenvalue weighted by Gasteiger charge is 2.45. The Kier molecular flexibility index (Phi) is 3.60. The van der Waals surface area contributed by atoms with Gasteiger partial charge in [-0.15, -0.1) is 5.46 Å². The van der Waals surface area contributed by atoms with Crippen molar-refractivity contribution in [2.24, 2.45) is 0 Å². The smallest absolute Gasteiger partial charge is 0.472 e. The minimum Gasteiger partial charge on any atom is -0.544 e. The minimum atomic E-state index is -3.40. The lowest BCUT2D eigenvalue weighted by atomic mass is 9.71. The second-order valence-electron chi connectivity index (χ2n) is 4.76. The summed E-state index contributed by atoms with van der Waals surface area (Å²) in [7, 11) is -2.59. The summed E-state index contributed by atoms with van der Waals surface area (Å²) in [5.74, 6) is 0. The lowest BCUT2D eigenvalue weighted by molar-refractivity contribution is -0.774. The van der Waals surface area contributed by atoms with Crippen LogP contribution in [0, 0.1) is 10.1 Å². The van der Waals surface area contributed by atoms with Crippen LogP contribution in [-0.4, -0.2) is 30.2 Å². The molecule has 0 saturated heterocycles. The maximum Gasteiger partial charge on any atom is 0.472 e. The Morgan fingerprint density at radius 2 is 1.71 bits per heavy atom. The maximum atomic E-state index is 11.0. The third kappa shape index (κ3) is 2.84. The normalized spacial score (nSPS) is 12.3. The van der Waals surface area contributed by atoms with Gasteiger partial charge in [-0.2, -0.15) is 0 Å². The summed E-state index contributed by atoms with van der Waals surface area (Å²) in [6, 6.07) is 7.79. The highest BCUT2D eigenvalue weighted by atomic mass is 28.4. The van der Waals surface area contributed by atoms with Gasteiger partial charge in [0, 0.05) is 0 Å². The lowest BCUT2D eigenvalue weighted by Gasteiger charge is -2.45. The van der Waals surface area contributed by atoms with Crippen LogP contribution < -0.4 is 5.46 Å². The van der Waals surface area contributed by atoms with Crippen LogP contribution in [0.15, 0.2) is 30.3 Å². The van der Waals surface area contributed by atoms with Crippen molar-refractivity contribution < 1.29 is 19.2 Å². The minimum absolute atomic E-state index is 0.108. The van der Waals surface area contributed by atoms with E-state index in [4.69, 9.17) is 0 Å². The van der Waals surface area contributed by atoms with Gasteiger partial charge in [0.1, 0.15) is 10.1 Å². The molecular formula is C9H16BNO5Si. The molecule has 1 aromatic carbocycles. The third-order valence-electron chi connectivity index (χ3n) is 2.33. The molecule has 0 aliphatic heterocycles. The fourth-order valence-electron chi connectivity index (χ4n) is 1.67. The highest BCUT2D eigenvalue weighted by Crippen LogP contribution is 2.21. The Balaban J connectivity index is 3.23. The van der Waals surface area contributed by atoms with Gasteiger partial charge in [-0.05, 0) is 19.6 Å². The quantitative estimate of drug-likeness (QED) is 0.353. The summed E-state index contributed by atoms with van der Waals surface area (Å²) < 4.78 is 1.57. The summed E-state index contributed by atoms with van der Waals surface area (Å²) in [6.07, 6.45) is 0. The summed E-state index contributed by atoms with van der Waals surface area (Å²) in [5.41, 5.74) is 0.108. The van der Waals surface area contributed by atoms with Crippen molar-refractivity contribution in [2.75, 3.05) is 0 Å². The Morgan fingerprint density at radius 1 is 1.24 bits per heavy atom. The molecule has 0 bridgehead atoms. The van der Waals surface area contributed by atoms with E-state index in [0.29, 0.717) is 0 Å². The SMILES string of the molecule is C[Si](C)(C)[O+]([N+](=O)[O-])[B-](O)(O)c1ccccc1. The van der Waals surface area contributed by atoms with E-state index >= 15 is 0 Å². The molecule has 0 fully saturated rings. The first-order valence-corrected chi connectivity index (χ1v) is 8.61. The summed E-state index contributed by atoms with van der Waals surface area (Å²) in [6.45, 7) is 1.53. The fourth-order valence-corrected chi connectivity index (χ4v) is 3.24. The van der Waals surface area contributed by atoms with E-state index in [1.807, 2.05) is 0 Å². The first kappa shape index (κ1) is 13.7. The van der Waals surface area contributed by atoms with E-state index in [0.717, 1.165) is 0 Å². The average Bonchev–Trinajstić information content (AvgIpc) is 2.15. The van der Waals surface area contributed by atoms with Gasteiger partial charge >= 0.3 is 11.8 Å². The molecule has 0 radical (unpaired) electrons. The molecule has 0 spiro atoms. The summed E-state index contributed by atoms with van der Waals surface area (Å²) in [5, 5.41) is 30.3. The van der Waals surface area contributed by atoms with Crippen LogP contribution in [0.4, 0.5) is 0 Å². The molecule has 0 aliphatic rings. The van der Waals surface area contributed by atoms with Crippen LogP contribution in [0.3, 0.4) is 0 Å². The van der Waals surface area contributed by atoms with Crippen molar-refractivity contribution in [3.8, 4) is 0 Å². The molecule has 0 saturated carbocycles. The third-order valence-corrected chi connectivity index (χ3v) is 4.07. The molecule has 94 valence electrons. The molecule has 0 atom stereocenters. The van der Waals surface area contributed by atoms with E-state index in [1.54, 1.807) is 41.9 Å². The van der Waals surface area contributed by atoms with E-state index < -0.39 is 20.2 Å². The maximum absolute atomic E-state index is 11.0. The molecule has 0 aliphatic carbocycles. The van der Waals surface area contributed by atoms with Crippen LogP contribution in [-0.2, 0) is 4.07 Å². The van der Waals surface area contributed by atoms with Crippen molar-refractivity contribution in [3.63, 3.8) is 0 Å². The number of hydrogen-bond acceptors (Lipinski definition) is 4. The summed E-state index contributed by atoms with van der Waals surface area (Å²) >= 11 is 0. The zero-order valence-electron chi connectivity index (χ0n) is 10.0. The second kappa shape index (κ2) is 4.48.